The van der Waals surface area contributed by atoms with Crippen LogP contribution in [0.4, 0.5) is 27.8 Å². The molecule has 0 spiro atoms. The Kier molecular flexibility index (Phi) is 9.35. The molecule has 41 heavy (non-hydrogen) atoms. The first-order chi connectivity index (χ1) is 19.2. The summed E-state index contributed by atoms with van der Waals surface area (Å²) in [5, 5.41) is 2.51. The molecule has 1 amide bonds. The zero-order chi connectivity index (χ0) is 30.9. The van der Waals surface area contributed by atoms with E-state index in [1.165, 1.54) is 20.0 Å². The normalized spacial score (nSPS) is 23.1. The number of halogens is 5. The molecule has 0 radical (unpaired) electrons. The number of anilines is 1. The SMILES string of the molecule is CN.COc1c(C2C(C)[C@](C)(C(F)(F)F)O[C@H]2c2nc3c(C=O)nc(NC(=O)CC(C)N)cc3[nH]2)ccc(F)c1F. The molecule has 1 aromatic carbocycles. The number of amides is 1. The van der Waals surface area contributed by atoms with Gasteiger partial charge < -0.3 is 31.2 Å². The van der Waals surface area contributed by atoms with Crippen LogP contribution in [-0.4, -0.2) is 59.1 Å². The van der Waals surface area contributed by atoms with Gasteiger partial charge in [-0.1, -0.05) is 13.0 Å². The summed E-state index contributed by atoms with van der Waals surface area (Å²) in [6.07, 6.45) is -5.94. The molecule has 1 aliphatic rings. The van der Waals surface area contributed by atoms with E-state index in [9.17, 15) is 31.5 Å². The number of nitrogens with zero attached hydrogens (tertiary/aromatic N) is 2. The van der Waals surface area contributed by atoms with Crippen LogP contribution in [0.1, 0.15) is 61.1 Å². The van der Waals surface area contributed by atoms with Crippen molar-refractivity contribution in [1.29, 1.82) is 0 Å². The summed E-state index contributed by atoms with van der Waals surface area (Å²) in [5.74, 6) is -6.26. The molecule has 0 saturated carbocycles. The first-order valence-electron chi connectivity index (χ1n) is 12.5. The molecular formula is C26H31F5N6O4. The van der Waals surface area contributed by atoms with Crippen molar-refractivity contribution in [2.75, 3.05) is 19.5 Å². The van der Waals surface area contributed by atoms with Crippen LogP contribution in [-0.2, 0) is 9.53 Å². The van der Waals surface area contributed by atoms with Crippen LogP contribution >= 0.6 is 0 Å². The van der Waals surface area contributed by atoms with Crippen LogP contribution in [0.15, 0.2) is 18.2 Å². The number of methoxy groups -OCH3 is 1. The van der Waals surface area contributed by atoms with Crippen LogP contribution in [0.2, 0.25) is 0 Å². The van der Waals surface area contributed by atoms with Crippen molar-refractivity contribution in [2.24, 2.45) is 17.4 Å². The number of fused-ring (bicyclic) bond motifs is 1. The van der Waals surface area contributed by atoms with Crippen molar-refractivity contribution in [1.82, 2.24) is 15.0 Å². The highest BCUT2D eigenvalue weighted by Crippen LogP contribution is 2.59. The number of imidazole rings is 1. The maximum atomic E-state index is 14.6. The standard InChI is InChI=1S/C25H26F5N5O4.CH5N/c1-10(31)7-17(37)34-16-8-14-20(15(9-36)32-16)35-23(33-14)22-18(11(2)24(3,39-22)25(28,29)30)12-5-6-13(26)19(27)21(12)38-4;1-2/h5-6,8-11,18,22H,7,31H2,1-4H3,(H,33,35)(H,32,34,37);2H2,1H3/t10?,11?,18?,22-,24-;/m1./s1. The number of alkyl halides is 3. The Morgan fingerprint density at radius 3 is 2.51 bits per heavy atom. The highest BCUT2D eigenvalue weighted by molar-refractivity contribution is 5.97. The minimum absolute atomic E-state index is 0.00915. The minimum atomic E-state index is -4.84. The zero-order valence-corrected chi connectivity index (χ0v) is 22.9. The second-order valence-electron chi connectivity index (χ2n) is 9.70. The third kappa shape index (κ3) is 5.87. The first-order valence-corrected chi connectivity index (χ1v) is 12.5. The molecule has 1 saturated heterocycles. The van der Waals surface area contributed by atoms with Crippen LogP contribution in [0.25, 0.3) is 11.0 Å². The number of benzene rings is 1. The first kappa shape index (κ1) is 31.8. The number of aromatic nitrogens is 3. The lowest BCUT2D eigenvalue weighted by molar-refractivity contribution is -0.275. The number of ether oxygens (including phenoxy) is 2. The molecule has 0 bridgehead atoms. The Hall–Kier alpha value is -3.69. The molecule has 15 heteroatoms. The highest BCUT2D eigenvalue weighted by Gasteiger charge is 2.65. The van der Waals surface area contributed by atoms with Crippen LogP contribution in [0, 0.1) is 17.6 Å². The van der Waals surface area contributed by atoms with Crippen molar-refractivity contribution in [2.45, 2.75) is 57.0 Å². The maximum Gasteiger partial charge on any atom is 0.417 e. The predicted molar refractivity (Wildman–Crippen MR) is 139 cm³/mol. The fraction of sp³-hybridized carbons (Fsp3) is 0.462. The molecule has 10 nitrogen and oxygen atoms in total. The molecule has 0 aliphatic carbocycles. The van der Waals surface area contributed by atoms with Gasteiger partial charge in [0.15, 0.2) is 23.5 Å². The zero-order valence-electron chi connectivity index (χ0n) is 22.9. The summed E-state index contributed by atoms with van der Waals surface area (Å²) in [4.78, 5) is 35.1. The van der Waals surface area contributed by atoms with Gasteiger partial charge in [-0.25, -0.2) is 14.4 Å². The molecule has 1 fully saturated rings. The quantitative estimate of drug-likeness (QED) is 0.238. The van der Waals surface area contributed by atoms with Crippen molar-refractivity contribution >= 4 is 29.0 Å². The summed E-state index contributed by atoms with van der Waals surface area (Å²) >= 11 is 0. The van der Waals surface area contributed by atoms with Gasteiger partial charge in [-0.2, -0.15) is 17.6 Å². The molecule has 3 aromatic rings. The lowest BCUT2D eigenvalue weighted by Gasteiger charge is -2.32. The van der Waals surface area contributed by atoms with Gasteiger partial charge in [0.25, 0.3) is 0 Å². The average Bonchev–Trinajstić information content (AvgIpc) is 3.45. The maximum absolute atomic E-state index is 14.6. The largest absolute Gasteiger partial charge is 0.493 e. The van der Waals surface area contributed by atoms with Crippen molar-refractivity contribution in [3.05, 3.63) is 46.9 Å². The molecule has 1 aliphatic heterocycles. The second kappa shape index (κ2) is 12.0. The van der Waals surface area contributed by atoms with Gasteiger partial charge in [0.1, 0.15) is 29.0 Å². The predicted octanol–water partition coefficient (Wildman–Crippen LogP) is 4.12. The lowest BCUT2D eigenvalue weighted by Crippen LogP contribution is -2.46. The number of H-pyrrole nitrogens is 1. The molecule has 4 rings (SSSR count). The van der Waals surface area contributed by atoms with Gasteiger partial charge in [-0.05, 0) is 27.0 Å². The number of hydrogen-bond donors (Lipinski definition) is 4. The monoisotopic (exact) mass is 586 g/mol. The lowest BCUT2D eigenvalue weighted by atomic mass is 9.77. The number of hydrogen-bond acceptors (Lipinski definition) is 8. The number of aldehydes is 1. The molecule has 3 heterocycles. The molecule has 3 unspecified atom stereocenters. The summed E-state index contributed by atoms with van der Waals surface area (Å²) in [6, 6.07) is 2.86. The highest BCUT2D eigenvalue weighted by atomic mass is 19.4. The van der Waals surface area contributed by atoms with E-state index in [2.05, 4.69) is 26.0 Å². The number of carbonyl (C=O) groups excluding carboxylic acids is 2. The topological polar surface area (TPSA) is 158 Å². The molecular weight excluding hydrogens is 555 g/mol. The Morgan fingerprint density at radius 1 is 1.29 bits per heavy atom. The van der Waals surface area contributed by atoms with E-state index in [1.807, 2.05) is 0 Å². The number of pyridine rings is 1. The summed E-state index contributed by atoms with van der Waals surface area (Å²) < 4.78 is 82.0. The van der Waals surface area contributed by atoms with Gasteiger partial charge in [-0.15, -0.1) is 0 Å². The van der Waals surface area contributed by atoms with E-state index in [1.54, 1.807) is 6.92 Å². The Labute approximate surface area is 232 Å². The molecule has 224 valence electrons. The fourth-order valence-electron chi connectivity index (χ4n) is 4.87. The summed E-state index contributed by atoms with van der Waals surface area (Å²) in [6.45, 7) is 3.78. The number of carbonyl (C=O) groups is 2. The average molecular weight is 587 g/mol. The Bertz CT molecular complexity index is 1430. The Balaban J connectivity index is 0.00000226. The number of aromatic amines is 1. The second-order valence-corrected chi connectivity index (χ2v) is 9.70. The molecule has 6 N–H and O–H groups in total. The third-order valence-corrected chi connectivity index (χ3v) is 6.98. The van der Waals surface area contributed by atoms with Crippen molar-refractivity contribution in [3.63, 3.8) is 0 Å². The third-order valence-electron chi connectivity index (χ3n) is 6.98. The number of nitrogens with two attached hydrogens (primary N) is 2. The fourth-order valence-corrected chi connectivity index (χ4v) is 4.87. The van der Waals surface area contributed by atoms with Gasteiger partial charge in [0.05, 0.1) is 12.6 Å². The van der Waals surface area contributed by atoms with Crippen LogP contribution in [0.5, 0.6) is 5.75 Å². The van der Waals surface area contributed by atoms with E-state index >= 15 is 0 Å². The van der Waals surface area contributed by atoms with Gasteiger partial charge in [0.2, 0.25) is 11.7 Å². The van der Waals surface area contributed by atoms with E-state index in [4.69, 9.17) is 15.2 Å². The van der Waals surface area contributed by atoms with E-state index in [0.717, 1.165) is 26.2 Å². The van der Waals surface area contributed by atoms with Crippen molar-refractivity contribution < 1.29 is 41.0 Å². The van der Waals surface area contributed by atoms with Crippen LogP contribution in [0.3, 0.4) is 0 Å². The van der Waals surface area contributed by atoms with E-state index in [-0.39, 0.29) is 40.4 Å². The molecule has 2 aromatic heterocycles. The van der Waals surface area contributed by atoms with E-state index in [0.29, 0.717) is 6.29 Å². The van der Waals surface area contributed by atoms with Crippen LogP contribution < -0.4 is 21.5 Å². The summed E-state index contributed by atoms with van der Waals surface area (Å²) in [5.41, 5.74) is 7.35. The van der Waals surface area contributed by atoms with Crippen molar-refractivity contribution in [3.8, 4) is 5.75 Å². The molecule has 5 atom stereocenters. The Morgan fingerprint density at radius 2 is 1.95 bits per heavy atom. The van der Waals surface area contributed by atoms with Gasteiger partial charge in [-0.3, -0.25) is 9.59 Å². The number of rotatable bonds is 7. The number of nitrogens with one attached hydrogen (secondary N) is 2. The van der Waals surface area contributed by atoms with Gasteiger partial charge in [0, 0.05) is 35.9 Å². The van der Waals surface area contributed by atoms with Gasteiger partial charge >= 0.3 is 6.18 Å². The minimum Gasteiger partial charge on any atom is -0.493 e. The van der Waals surface area contributed by atoms with E-state index < -0.39 is 59.1 Å². The summed E-state index contributed by atoms with van der Waals surface area (Å²) in [7, 11) is 2.57. The smallest absolute Gasteiger partial charge is 0.417 e.